The predicted octanol–water partition coefficient (Wildman–Crippen LogP) is 4.48. The van der Waals surface area contributed by atoms with Crippen molar-refractivity contribution in [2.75, 3.05) is 13.7 Å². The van der Waals surface area contributed by atoms with Gasteiger partial charge in [-0.25, -0.2) is 4.99 Å². The van der Waals surface area contributed by atoms with Crippen molar-refractivity contribution in [1.29, 1.82) is 5.26 Å². The highest BCUT2D eigenvalue weighted by molar-refractivity contribution is 8.18. The smallest absolute Gasteiger partial charge is 0.266 e. The van der Waals surface area contributed by atoms with E-state index in [4.69, 9.17) is 21.6 Å². The van der Waals surface area contributed by atoms with Crippen LogP contribution in [0.15, 0.2) is 58.4 Å². The summed E-state index contributed by atoms with van der Waals surface area (Å²) in [7, 11) is 1.69. The summed E-state index contributed by atoms with van der Waals surface area (Å²) >= 11 is 7.44. The molecule has 1 amide bonds. The third kappa shape index (κ3) is 4.07. The van der Waals surface area contributed by atoms with Gasteiger partial charge in [-0.05, 0) is 47.7 Å². The van der Waals surface area contributed by atoms with Gasteiger partial charge < -0.3 is 4.74 Å². The number of para-hydroxylation sites is 1. The van der Waals surface area contributed by atoms with E-state index < -0.39 is 0 Å². The first kappa shape index (κ1) is 18.1. The number of ether oxygens (including phenoxy) is 1. The lowest BCUT2D eigenvalue weighted by atomic mass is 10.2. The van der Waals surface area contributed by atoms with E-state index in [2.05, 4.69) is 4.99 Å². The normalized spacial score (nSPS) is 17.0. The van der Waals surface area contributed by atoms with Gasteiger partial charge in [0.2, 0.25) is 0 Å². The van der Waals surface area contributed by atoms with Crippen LogP contribution in [-0.4, -0.2) is 29.6 Å². The maximum atomic E-state index is 12.5. The summed E-state index contributed by atoms with van der Waals surface area (Å²) in [5, 5.41) is 9.63. The SMILES string of the molecule is CN1C(=O)/C(=C\c2ccc(OCC#N)cc2)SC1=Nc1ccccc1Cl. The number of halogens is 1. The van der Waals surface area contributed by atoms with Gasteiger partial charge in [-0.3, -0.25) is 9.69 Å². The van der Waals surface area contributed by atoms with Crippen molar-refractivity contribution >= 4 is 46.2 Å². The minimum Gasteiger partial charge on any atom is -0.479 e. The molecule has 3 rings (SSSR count). The topological polar surface area (TPSA) is 65.7 Å². The van der Waals surface area contributed by atoms with Crippen molar-refractivity contribution in [3.05, 3.63) is 64.0 Å². The van der Waals surface area contributed by atoms with Crippen molar-refractivity contribution < 1.29 is 9.53 Å². The average Bonchev–Trinajstić information content (AvgIpc) is 2.91. The van der Waals surface area contributed by atoms with Crippen molar-refractivity contribution in [2.24, 2.45) is 4.99 Å². The maximum Gasteiger partial charge on any atom is 0.266 e. The molecule has 0 N–H and O–H groups in total. The van der Waals surface area contributed by atoms with Gasteiger partial charge in [0.25, 0.3) is 5.91 Å². The Bertz CT molecular complexity index is 933. The number of thioether (sulfide) groups is 1. The maximum absolute atomic E-state index is 12.5. The zero-order valence-electron chi connectivity index (χ0n) is 13.8. The number of benzene rings is 2. The first-order valence-corrected chi connectivity index (χ1v) is 8.88. The molecule has 1 heterocycles. The number of likely N-dealkylation sites (N-methyl/N-ethyl adjacent to an activating group) is 1. The molecule has 1 aliphatic heterocycles. The average molecular weight is 384 g/mol. The summed E-state index contributed by atoms with van der Waals surface area (Å²) in [4.78, 5) is 19.0. The molecular formula is C19H14ClN3O2S. The molecule has 1 saturated heterocycles. The molecule has 0 radical (unpaired) electrons. The molecule has 26 heavy (non-hydrogen) atoms. The highest BCUT2D eigenvalue weighted by Crippen LogP contribution is 2.34. The van der Waals surface area contributed by atoms with Crippen LogP contribution in [0, 0.1) is 11.3 Å². The van der Waals surface area contributed by atoms with Crippen molar-refractivity contribution in [3.63, 3.8) is 0 Å². The Labute approximate surface area is 160 Å². The molecule has 1 aliphatic rings. The van der Waals surface area contributed by atoms with E-state index in [9.17, 15) is 4.79 Å². The quantitative estimate of drug-likeness (QED) is 0.730. The Hall–Kier alpha value is -2.75. The number of aliphatic imine (C=N–C) groups is 1. The molecule has 0 aliphatic carbocycles. The second-order valence-corrected chi connectivity index (χ2v) is 6.75. The Balaban J connectivity index is 1.81. The molecule has 0 bridgehead atoms. The number of rotatable bonds is 4. The Morgan fingerprint density at radius 1 is 1.27 bits per heavy atom. The van der Waals surface area contributed by atoms with E-state index in [1.54, 1.807) is 37.4 Å². The second-order valence-electron chi connectivity index (χ2n) is 5.34. The fourth-order valence-corrected chi connectivity index (χ4v) is 3.38. The number of carbonyl (C=O) groups is 1. The van der Waals surface area contributed by atoms with Gasteiger partial charge in [-0.2, -0.15) is 5.26 Å². The second kappa shape index (κ2) is 8.09. The lowest BCUT2D eigenvalue weighted by Crippen LogP contribution is -2.23. The molecule has 2 aromatic carbocycles. The third-order valence-electron chi connectivity index (χ3n) is 3.55. The molecule has 5 nitrogen and oxygen atoms in total. The van der Waals surface area contributed by atoms with E-state index >= 15 is 0 Å². The van der Waals surface area contributed by atoms with E-state index in [0.717, 1.165) is 5.56 Å². The molecular weight excluding hydrogens is 370 g/mol. The van der Waals surface area contributed by atoms with E-state index in [1.807, 2.05) is 30.3 Å². The Kier molecular flexibility index (Phi) is 5.61. The van der Waals surface area contributed by atoms with Crippen molar-refractivity contribution in [1.82, 2.24) is 4.90 Å². The van der Waals surface area contributed by atoms with Gasteiger partial charge in [0.05, 0.1) is 15.6 Å². The summed E-state index contributed by atoms with van der Waals surface area (Å²) in [6.45, 7) is 0.00143. The summed E-state index contributed by atoms with van der Waals surface area (Å²) in [6, 6.07) is 16.3. The van der Waals surface area contributed by atoms with Crippen LogP contribution in [-0.2, 0) is 4.79 Å². The monoisotopic (exact) mass is 383 g/mol. The summed E-state index contributed by atoms with van der Waals surface area (Å²) < 4.78 is 5.22. The van der Waals surface area contributed by atoms with Gasteiger partial charge in [0.15, 0.2) is 11.8 Å². The molecule has 0 aromatic heterocycles. The summed E-state index contributed by atoms with van der Waals surface area (Å²) in [6.07, 6.45) is 1.80. The molecule has 0 atom stereocenters. The van der Waals surface area contributed by atoms with Crippen molar-refractivity contribution in [2.45, 2.75) is 0 Å². The fraction of sp³-hybridized carbons (Fsp3) is 0.105. The molecule has 1 fully saturated rings. The van der Waals surface area contributed by atoms with Crippen molar-refractivity contribution in [3.8, 4) is 11.8 Å². The molecule has 2 aromatic rings. The van der Waals surface area contributed by atoms with Crippen LogP contribution in [0.25, 0.3) is 6.08 Å². The molecule has 0 saturated carbocycles. The number of carbonyl (C=O) groups excluding carboxylic acids is 1. The number of amidine groups is 1. The van der Waals surface area contributed by atoms with Gasteiger partial charge >= 0.3 is 0 Å². The zero-order valence-corrected chi connectivity index (χ0v) is 15.4. The van der Waals surface area contributed by atoms with Crippen LogP contribution in [0.4, 0.5) is 5.69 Å². The summed E-state index contributed by atoms with van der Waals surface area (Å²) in [5.41, 5.74) is 1.48. The predicted molar refractivity (Wildman–Crippen MR) is 104 cm³/mol. The van der Waals surface area contributed by atoms with E-state index in [0.29, 0.717) is 26.5 Å². The number of amides is 1. The van der Waals surface area contributed by atoms with Gasteiger partial charge in [0.1, 0.15) is 11.8 Å². The standard InChI is InChI=1S/C19H14ClN3O2S/c1-23-18(24)17(12-13-6-8-14(9-7-13)25-11-10-21)26-19(23)22-16-5-3-2-4-15(16)20/h2-9,12H,11H2,1H3/b17-12+,22-19?. The van der Waals surface area contributed by atoms with Gasteiger partial charge in [-0.1, -0.05) is 35.9 Å². The minimum absolute atomic E-state index is 0.00143. The van der Waals surface area contributed by atoms with Crippen LogP contribution in [0.5, 0.6) is 5.75 Å². The van der Waals surface area contributed by atoms with Crippen LogP contribution in [0.1, 0.15) is 5.56 Å². The summed E-state index contributed by atoms with van der Waals surface area (Å²) in [5.74, 6) is 0.489. The molecule has 7 heteroatoms. The van der Waals surface area contributed by atoms with Crippen LogP contribution >= 0.6 is 23.4 Å². The molecule has 130 valence electrons. The first-order chi connectivity index (χ1) is 12.6. The Morgan fingerprint density at radius 3 is 2.69 bits per heavy atom. The van der Waals surface area contributed by atoms with Crippen LogP contribution in [0.3, 0.4) is 0 Å². The van der Waals surface area contributed by atoms with Gasteiger partial charge in [0, 0.05) is 7.05 Å². The van der Waals surface area contributed by atoms with Crippen LogP contribution < -0.4 is 4.74 Å². The zero-order chi connectivity index (χ0) is 18.5. The highest BCUT2D eigenvalue weighted by Gasteiger charge is 2.30. The van der Waals surface area contributed by atoms with E-state index in [-0.39, 0.29) is 12.5 Å². The Morgan fingerprint density at radius 2 is 2.00 bits per heavy atom. The lowest BCUT2D eigenvalue weighted by molar-refractivity contribution is -0.121. The van der Waals surface area contributed by atoms with Crippen LogP contribution in [0.2, 0.25) is 5.02 Å². The van der Waals surface area contributed by atoms with Gasteiger partial charge in [-0.15, -0.1) is 0 Å². The molecule has 0 spiro atoms. The number of nitriles is 1. The number of nitrogens with zero attached hydrogens (tertiary/aromatic N) is 3. The first-order valence-electron chi connectivity index (χ1n) is 7.69. The highest BCUT2D eigenvalue weighted by atomic mass is 35.5. The lowest BCUT2D eigenvalue weighted by Gasteiger charge is -2.07. The third-order valence-corrected chi connectivity index (χ3v) is 4.93. The minimum atomic E-state index is -0.120. The number of hydrogen-bond donors (Lipinski definition) is 0. The molecule has 0 unspecified atom stereocenters. The van der Waals surface area contributed by atoms with E-state index in [1.165, 1.54) is 16.7 Å². The largest absolute Gasteiger partial charge is 0.479 e. The number of hydrogen-bond acceptors (Lipinski definition) is 5. The fourth-order valence-electron chi connectivity index (χ4n) is 2.22.